The summed E-state index contributed by atoms with van der Waals surface area (Å²) in [7, 11) is 0. The Morgan fingerprint density at radius 2 is 1.63 bits per heavy atom. The molecule has 19 heavy (non-hydrogen) atoms. The molecule has 1 N–H and O–H groups in total. The van der Waals surface area contributed by atoms with Crippen molar-refractivity contribution < 1.29 is 0 Å². The van der Waals surface area contributed by atoms with Crippen molar-refractivity contribution in [3.05, 3.63) is 12.7 Å². The van der Waals surface area contributed by atoms with Crippen molar-refractivity contribution in [2.45, 2.75) is 77.3 Å². The van der Waals surface area contributed by atoms with Crippen molar-refractivity contribution in [3.63, 3.8) is 0 Å². The maximum atomic E-state index is 3.92. The van der Waals surface area contributed by atoms with Crippen LogP contribution in [-0.2, 0) is 0 Å². The van der Waals surface area contributed by atoms with E-state index in [1.165, 1.54) is 25.7 Å². The maximum absolute atomic E-state index is 3.92. The Morgan fingerprint density at radius 3 is 2.11 bits per heavy atom. The summed E-state index contributed by atoms with van der Waals surface area (Å²) < 4.78 is 0. The summed E-state index contributed by atoms with van der Waals surface area (Å²) in [4.78, 5) is 0. The van der Waals surface area contributed by atoms with Gasteiger partial charge in [-0.3, -0.25) is 0 Å². The molecule has 2 unspecified atom stereocenters. The molecular weight excluding hydrogens is 230 g/mol. The number of rotatable bonds is 6. The Labute approximate surface area is 119 Å². The van der Waals surface area contributed by atoms with Gasteiger partial charge in [0.1, 0.15) is 0 Å². The molecule has 0 aromatic carbocycles. The van der Waals surface area contributed by atoms with E-state index in [2.05, 4.69) is 25.7 Å². The molecule has 0 saturated heterocycles. The fraction of sp³-hybridized carbons (Fsp3) is 0.889. The standard InChI is InChI=1S/C18H31N/c1-4-5-6-13(2)19-14(3)18-10-15-7-16(11-18)9-17(8-15)12-18/h4,13-17,19H,1,5-12H2,2-3H3. The maximum Gasteiger partial charge on any atom is 0.00979 e. The first-order valence-electron chi connectivity index (χ1n) is 8.48. The zero-order chi connectivity index (χ0) is 13.5. The second kappa shape index (κ2) is 5.24. The Hall–Kier alpha value is -0.300. The molecule has 4 aliphatic carbocycles. The molecule has 0 heterocycles. The Morgan fingerprint density at radius 1 is 1.11 bits per heavy atom. The number of hydrogen-bond acceptors (Lipinski definition) is 1. The quantitative estimate of drug-likeness (QED) is 0.692. The van der Waals surface area contributed by atoms with Crippen LogP contribution in [0.25, 0.3) is 0 Å². The minimum atomic E-state index is 0.640. The van der Waals surface area contributed by atoms with Crippen LogP contribution in [0, 0.1) is 23.2 Å². The Bertz CT molecular complexity index is 297. The second-order valence-corrected chi connectivity index (χ2v) is 7.94. The molecule has 4 fully saturated rings. The first-order chi connectivity index (χ1) is 9.11. The van der Waals surface area contributed by atoms with Gasteiger partial charge in [0, 0.05) is 12.1 Å². The average molecular weight is 261 g/mol. The number of hydrogen-bond donors (Lipinski definition) is 1. The second-order valence-electron chi connectivity index (χ2n) is 7.94. The smallest absolute Gasteiger partial charge is 0.00979 e. The van der Waals surface area contributed by atoms with Gasteiger partial charge in [0.05, 0.1) is 0 Å². The van der Waals surface area contributed by atoms with Gasteiger partial charge in [-0.15, -0.1) is 6.58 Å². The van der Waals surface area contributed by atoms with Crippen molar-refractivity contribution in [1.82, 2.24) is 5.32 Å². The van der Waals surface area contributed by atoms with E-state index < -0.39 is 0 Å². The summed E-state index contributed by atoms with van der Waals surface area (Å²) >= 11 is 0. The van der Waals surface area contributed by atoms with Crippen LogP contribution in [0.3, 0.4) is 0 Å². The van der Waals surface area contributed by atoms with Gasteiger partial charge in [0.2, 0.25) is 0 Å². The highest BCUT2D eigenvalue weighted by Gasteiger charge is 2.53. The fourth-order valence-electron chi connectivity index (χ4n) is 5.76. The molecule has 0 spiro atoms. The predicted molar refractivity (Wildman–Crippen MR) is 82.1 cm³/mol. The normalized spacial score (nSPS) is 43.2. The van der Waals surface area contributed by atoms with Gasteiger partial charge in [0.15, 0.2) is 0 Å². The summed E-state index contributed by atoms with van der Waals surface area (Å²) in [6.07, 6.45) is 13.6. The largest absolute Gasteiger partial charge is 0.311 e. The van der Waals surface area contributed by atoms with Crippen LogP contribution in [-0.4, -0.2) is 12.1 Å². The molecule has 0 amide bonds. The highest BCUT2D eigenvalue weighted by Crippen LogP contribution is 2.61. The highest BCUT2D eigenvalue weighted by atomic mass is 15.0. The third-order valence-electron chi connectivity index (χ3n) is 6.34. The molecule has 4 rings (SSSR count). The molecule has 1 heteroatoms. The zero-order valence-corrected chi connectivity index (χ0v) is 12.8. The van der Waals surface area contributed by atoms with Crippen molar-refractivity contribution in [2.24, 2.45) is 23.2 Å². The van der Waals surface area contributed by atoms with Gasteiger partial charge in [-0.2, -0.15) is 0 Å². The fourth-order valence-corrected chi connectivity index (χ4v) is 5.76. The molecule has 4 saturated carbocycles. The van der Waals surface area contributed by atoms with Crippen LogP contribution in [0.4, 0.5) is 0 Å². The number of allylic oxidation sites excluding steroid dienone is 1. The van der Waals surface area contributed by atoms with E-state index >= 15 is 0 Å². The average Bonchev–Trinajstić information content (AvgIpc) is 2.34. The lowest BCUT2D eigenvalue weighted by atomic mass is 9.48. The van der Waals surface area contributed by atoms with E-state index in [9.17, 15) is 0 Å². The summed E-state index contributed by atoms with van der Waals surface area (Å²) in [5, 5.41) is 3.92. The summed E-state index contributed by atoms with van der Waals surface area (Å²) in [6.45, 7) is 8.66. The summed E-state index contributed by atoms with van der Waals surface area (Å²) in [5.41, 5.74) is 0.650. The SMILES string of the molecule is C=CCCC(C)NC(C)C12CC3CC(CC(C3)C1)C2. The van der Waals surface area contributed by atoms with Gasteiger partial charge < -0.3 is 5.32 Å². The highest BCUT2D eigenvalue weighted by molar-refractivity contribution is 5.05. The van der Waals surface area contributed by atoms with Crippen molar-refractivity contribution in [3.8, 4) is 0 Å². The van der Waals surface area contributed by atoms with Crippen molar-refractivity contribution in [2.75, 3.05) is 0 Å². The molecule has 0 aromatic rings. The number of nitrogens with one attached hydrogen (secondary N) is 1. The van der Waals surface area contributed by atoms with Crippen LogP contribution in [0.2, 0.25) is 0 Å². The van der Waals surface area contributed by atoms with E-state index in [0.29, 0.717) is 17.5 Å². The lowest BCUT2D eigenvalue weighted by Gasteiger charge is -2.59. The lowest BCUT2D eigenvalue weighted by Crippen LogP contribution is -2.56. The minimum absolute atomic E-state index is 0.640. The van der Waals surface area contributed by atoms with Gasteiger partial charge in [-0.25, -0.2) is 0 Å². The minimum Gasteiger partial charge on any atom is -0.311 e. The van der Waals surface area contributed by atoms with Crippen LogP contribution in [0.5, 0.6) is 0 Å². The predicted octanol–water partition coefficient (Wildman–Crippen LogP) is 4.54. The topological polar surface area (TPSA) is 12.0 Å². The summed E-state index contributed by atoms with van der Waals surface area (Å²) in [5.74, 6) is 3.21. The lowest BCUT2D eigenvalue weighted by molar-refractivity contribution is -0.0719. The first-order valence-corrected chi connectivity index (χ1v) is 8.48. The molecule has 0 radical (unpaired) electrons. The molecular formula is C18H31N. The van der Waals surface area contributed by atoms with Crippen molar-refractivity contribution >= 4 is 0 Å². The van der Waals surface area contributed by atoms with Crippen LogP contribution in [0.1, 0.15) is 65.2 Å². The van der Waals surface area contributed by atoms with E-state index in [4.69, 9.17) is 0 Å². The van der Waals surface area contributed by atoms with Gasteiger partial charge in [-0.05, 0) is 88.4 Å². The van der Waals surface area contributed by atoms with E-state index in [0.717, 1.165) is 24.2 Å². The van der Waals surface area contributed by atoms with Crippen LogP contribution < -0.4 is 5.32 Å². The van der Waals surface area contributed by atoms with Crippen molar-refractivity contribution in [1.29, 1.82) is 0 Å². The van der Waals surface area contributed by atoms with Gasteiger partial charge in [-0.1, -0.05) is 6.08 Å². The third-order valence-corrected chi connectivity index (χ3v) is 6.34. The monoisotopic (exact) mass is 261 g/mol. The molecule has 0 aromatic heterocycles. The Balaban J connectivity index is 1.62. The van der Waals surface area contributed by atoms with Gasteiger partial charge >= 0.3 is 0 Å². The molecule has 2 atom stereocenters. The van der Waals surface area contributed by atoms with E-state index in [-0.39, 0.29) is 0 Å². The first kappa shape index (κ1) is 13.7. The molecule has 108 valence electrons. The summed E-state index contributed by atoms with van der Waals surface area (Å²) in [6, 6.07) is 1.35. The van der Waals surface area contributed by atoms with E-state index in [1.54, 1.807) is 19.3 Å². The van der Waals surface area contributed by atoms with Gasteiger partial charge in [0.25, 0.3) is 0 Å². The van der Waals surface area contributed by atoms with Crippen LogP contribution in [0.15, 0.2) is 12.7 Å². The molecule has 4 bridgehead atoms. The van der Waals surface area contributed by atoms with Crippen LogP contribution >= 0.6 is 0 Å². The Kier molecular flexibility index (Phi) is 3.77. The molecule has 4 aliphatic rings. The zero-order valence-electron chi connectivity index (χ0n) is 12.8. The van der Waals surface area contributed by atoms with E-state index in [1.807, 2.05) is 6.08 Å². The third kappa shape index (κ3) is 2.63. The molecule has 1 nitrogen and oxygen atoms in total. The molecule has 0 aliphatic heterocycles.